The maximum absolute atomic E-state index is 11.3. The number of nitrogens with two attached hydrogens (primary N) is 1. The number of hydrogen-bond donors (Lipinski definition) is 3. The molecule has 1 aromatic heterocycles. The molecule has 1 heterocycles. The normalized spacial score (nSPS) is 10.2. The van der Waals surface area contributed by atoms with Gasteiger partial charge < -0.3 is 16.0 Å². The molecule has 0 saturated carbocycles. The summed E-state index contributed by atoms with van der Waals surface area (Å²) in [6.07, 6.45) is 3.05. The van der Waals surface area contributed by atoms with Crippen LogP contribution in [-0.2, 0) is 13.1 Å². The van der Waals surface area contributed by atoms with Crippen LogP contribution in [0.4, 0.5) is 5.82 Å². The molecule has 17 heavy (non-hydrogen) atoms. The van der Waals surface area contributed by atoms with Crippen molar-refractivity contribution in [1.29, 1.82) is 0 Å². The smallest absolute Gasteiger partial charge is 0.290 e. The second-order valence-corrected chi connectivity index (χ2v) is 3.64. The Labute approximate surface area is 98.7 Å². The fourth-order valence-corrected chi connectivity index (χ4v) is 1.46. The molecular weight excluding hydrogens is 216 g/mol. The summed E-state index contributed by atoms with van der Waals surface area (Å²) in [5.41, 5.74) is 7.46. The summed E-state index contributed by atoms with van der Waals surface area (Å²) in [6, 6.07) is 7.90. The summed E-state index contributed by atoms with van der Waals surface area (Å²) in [5, 5.41) is 2.98. The lowest BCUT2D eigenvalue weighted by Gasteiger charge is -2.05. The first-order valence-electron chi connectivity index (χ1n) is 5.35. The average molecular weight is 230 g/mol. The third kappa shape index (κ3) is 2.92. The Morgan fingerprint density at radius 1 is 1.24 bits per heavy atom. The van der Waals surface area contributed by atoms with Crippen molar-refractivity contribution in [3.63, 3.8) is 0 Å². The molecule has 0 aliphatic carbocycles. The Morgan fingerprint density at radius 3 is 2.59 bits per heavy atom. The highest BCUT2D eigenvalue weighted by atomic mass is 16.1. The van der Waals surface area contributed by atoms with Gasteiger partial charge in [-0.3, -0.25) is 4.79 Å². The zero-order chi connectivity index (χ0) is 12.1. The maximum atomic E-state index is 11.3. The molecule has 0 atom stereocenters. The minimum absolute atomic E-state index is 0.217. The van der Waals surface area contributed by atoms with Crippen LogP contribution in [0.15, 0.2) is 41.5 Å². The maximum Gasteiger partial charge on any atom is 0.290 e. The molecule has 0 aliphatic heterocycles. The zero-order valence-corrected chi connectivity index (χ0v) is 9.31. The first kappa shape index (κ1) is 11.3. The van der Waals surface area contributed by atoms with Gasteiger partial charge in [0, 0.05) is 25.5 Å². The molecule has 0 spiro atoms. The van der Waals surface area contributed by atoms with E-state index in [-0.39, 0.29) is 5.56 Å². The van der Waals surface area contributed by atoms with Gasteiger partial charge in [-0.2, -0.15) is 0 Å². The highest BCUT2D eigenvalue weighted by Gasteiger charge is 1.99. The van der Waals surface area contributed by atoms with Crippen molar-refractivity contribution < 1.29 is 0 Å². The Balaban J connectivity index is 2.02. The van der Waals surface area contributed by atoms with Crippen LogP contribution in [0.3, 0.4) is 0 Å². The average Bonchev–Trinajstić information content (AvgIpc) is 2.38. The first-order valence-corrected chi connectivity index (χ1v) is 5.35. The number of H-pyrrole nitrogens is 1. The molecule has 2 aromatic rings. The Hall–Kier alpha value is -2.14. The van der Waals surface area contributed by atoms with Crippen LogP contribution in [0.5, 0.6) is 0 Å². The van der Waals surface area contributed by atoms with E-state index in [0.29, 0.717) is 18.9 Å². The van der Waals surface area contributed by atoms with Gasteiger partial charge in [0.15, 0.2) is 5.82 Å². The molecule has 2 rings (SSSR count). The van der Waals surface area contributed by atoms with E-state index in [1.54, 1.807) is 6.20 Å². The van der Waals surface area contributed by atoms with E-state index in [1.807, 2.05) is 24.3 Å². The molecule has 5 nitrogen and oxygen atoms in total. The van der Waals surface area contributed by atoms with Crippen LogP contribution in [0, 0.1) is 0 Å². The van der Waals surface area contributed by atoms with Gasteiger partial charge in [0.2, 0.25) is 0 Å². The zero-order valence-electron chi connectivity index (χ0n) is 9.31. The number of nitrogens with zero attached hydrogens (tertiary/aromatic N) is 1. The van der Waals surface area contributed by atoms with Gasteiger partial charge >= 0.3 is 0 Å². The second kappa shape index (κ2) is 5.27. The summed E-state index contributed by atoms with van der Waals surface area (Å²) in [6.45, 7) is 1.10. The lowest BCUT2D eigenvalue weighted by molar-refractivity contribution is 1.04. The van der Waals surface area contributed by atoms with E-state index in [4.69, 9.17) is 5.73 Å². The Kier molecular flexibility index (Phi) is 3.52. The van der Waals surface area contributed by atoms with Crippen molar-refractivity contribution >= 4 is 5.82 Å². The fraction of sp³-hybridized carbons (Fsp3) is 0.167. The second-order valence-electron chi connectivity index (χ2n) is 3.64. The predicted molar refractivity (Wildman–Crippen MR) is 66.5 cm³/mol. The van der Waals surface area contributed by atoms with Gasteiger partial charge in [0.1, 0.15) is 0 Å². The van der Waals surface area contributed by atoms with Gasteiger partial charge in [-0.25, -0.2) is 4.98 Å². The summed E-state index contributed by atoms with van der Waals surface area (Å²) in [5.74, 6) is 0.329. The van der Waals surface area contributed by atoms with E-state index in [1.165, 1.54) is 6.20 Å². The SMILES string of the molecule is NCc1ccc(CNc2ncc[nH]c2=O)cc1. The van der Waals surface area contributed by atoms with Crippen molar-refractivity contribution in [2.24, 2.45) is 5.73 Å². The monoisotopic (exact) mass is 230 g/mol. The van der Waals surface area contributed by atoms with Crippen LogP contribution in [0.2, 0.25) is 0 Å². The number of anilines is 1. The standard InChI is InChI=1S/C12H14N4O/c13-7-9-1-3-10(4-2-9)8-16-11-12(17)15-6-5-14-11/h1-6H,7-8,13H2,(H,14,16)(H,15,17). The molecule has 4 N–H and O–H groups in total. The Morgan fingerprint density at radius 2 is 1.94 bits per heavy atom. The molecule has 0 fully saturated rings. The number of aromatic amines is 1. The van der Waals surface area contributed by atoms with E-state index < -0.39 is 0 Å². The predicted octanol–water partition coefficient (Wildman–Crippen LogP) is 0.841. The van der Waals surface area contributed by atoms with Crippen LogP contribution < -0.4 is 16.6 Å². The van der Waals surface area contributed by atoms with Crippen molar-refractivity contribution in [2.75, 3.05) is 5.32 Å². The summed E-state index contributed by atoms with van der Waals surface area (Å²) < 4.78 is 0. The third-order valence-corrected chi connectivity index (χ3v) is 2.43. The van der Waals surface area contributed by atoms with Crippen LogP contribution in [-0.4, -0.2) is 9.97 Å². The van der Waals surface area contributed by atoms with Crippen LogP contribution in [0.1, 0.15) is 11.1 Å². The molecule has 0 amide bonds. The Bertz CT molecular complexity index is 533. The number of aromatic nitrogens is 2. The van der Waals surface area contributed by atoms with Gasteiger partial charge in [0.25, 0.3) is 5.56 Å². The number of benzene rings is 1. The van der Waals surface area contributed by atoms with Gasteiger partial charge in [0.05, 0.1) is 0 Å². The van der Waals surface area contributed by atoms with Crippen molar-refractivity contribution in [3.8, 4) is 0 Å². The van der Waals surface area contributed by atoms with E-state index in [9.17, 15) is 4.79 Å². The van der Waals surface area contributed by atoms with Crippen LogP contribution in [0.25, 0.3) is 0 Å². The lowest BCUT2D eigenvalue weighted by Crippen LogP contribution is -2.15. The summed E-state index contributed by atoms with van der Waals surface area (Å²) in [7, 11) is 0. The van der Waals surface area contributed by atoms with Crippen molar-refractivity contribution in [1.82, 2.24) is 9.97 Å². The van der Waals surface area contributed by atoms with Gasteiger partial charge in [-0.1, -0.05) is 24.3 Å². The number of nitrogens with one attached hydrogen (secondary N) is 2. The fourth-order valence-electron chi connectivity index (χ4n) is 1.46. The molecule has 88 valence electrons. The highest BCUT2D eigenvalue weighted by molar-refractivity contribution is 5.33. The van der Waals surface area contributed by atoms with Gasteiger partial charge in [-0.05, 0) is 11.1 Å². The topological polar surface area (TPSA) is 83.8 Å². The molecule has 0 aliphatic rings. The van der Waals surface area contributed by atoms with Gasteiger partial charge in [-0.15, -0.1) is 0 Å². The summed E-state index contributed by atoms with van der Waals surface area (Å²) >= 11 is 0. The van der Waals surface area contributed by atoms with Crippen molar-refractivity contribution in [3.05, 3.63) is 58.1 Å². The number of hydrogen-bond acceptors (Lipinski definition) is 4. The molecule has 0 radical (unpaired) electrons. The largest absolute Gasteiger partial charge is 0.361 e. The lowest BCUT2D eigenvalue weighted by atomic mass is 10.1. The van der Waals surface area contributed by atoms with E-state index in [0.717, 1.165) is 11.1 Å². The van der Waals surface area contributed by atoms with E-state index >= 15 is 0 Å². The summed E-state index contributed by atoms with van der Waals surface area (Å²) in [4.78, 5) is 17.9. The number of rotatable bonds is 4. The molecule has 0 unspecified atom stereocenters. The van der Waals surface area contributed by atoms with Crippen LogP contribution >= 0.6 is 0 Å². The molecule has 0 bridgehead atoms. The van der Waals surface area contributed by atoms with E-state index in [2.05, 4.69) is 15.3 Å². The third-order valence-electron chi connectivity index (χ3n) is 2.43. The molecule has 0 saturated heterocycles. The first-order chi connectivity index (χ1) is 8.29. The quantitative estimate of drug-likeness (QED) is 0.726. The highest BCUT2D eigenvalue weighted by Crippen LogP contribution is 2.05. The molecular formula is C12H14N4O. The molecule has 5 heteroatoms. The molecule has 1 aromatic carbocycles. The minimum Gasteiger partial charge on any atom is -0.361 e. The minimum atomic E-state index is -0.217. The van der Waals surface area contributed by atoms with Crippen molar-refractivity contribution in [2.45, 2.75) is 13.1 Å².